The third-order valence-corrected chi connectivity index (χ3v) is 4.77. The van der Waals surface area contributed by atoms with Gasteiger partial charge in [0.25, 0.3) is 0 Å². The average Bonchev–Trinajstić information content (AvgIpc) is 3.30. The number of aromatic nitrogens is 5. The van der Waals surface area contributed by atoms with Crippen molar-refractivity contribution >= 4 is 27.5 Å². The van der Waals surface area contributed by atoms with Crippen LogP contribution < -0.4 is 5.32 Å². The highest BCUT2D eigenvalue weighted by atomic mass is 15.1. The Morgan fingerprint density at radius 3 is 2.68 bits per heavy atom. The third-order valence-electron chi connectivity index (χ3n) is 4.77. The van der Waals surface area contributed by atoms with Crippen LogP contribution in [0.4, 0.5) is 5.69 Å². The fraction of sp³-hybridized carbons (Fsp3) is 0.136. The number of rotatable bonds is 4. The normalized spacial score (nSPS) is 11.5. The van der Waals surface area contributed by atoms with E-state index in [2.05, 4.69) is 74.6 Å². The monoisotopic (exact) mass is 368 g/mol. The maximum atomic E-state index is 4.55. The fourth-order valence-electron chi connectivity index (χ4n) is 3.51. The lowest BCUT2D eigenvalue weighted by atomic mass is 10.0. The van der Waals surface area contributed by atoms with E-state index >= 15 is 0 Å². The molecule has 0 bridgehead atoms. The molecule has 0 atom stereocenters. The van der Waals surface area contributed by atoms with Gasteiger partial charge < -0.3 is 10.3 Å². The highest BCUT2D eigenvalue weighted by Gasteiger charge is 2.12. The Labute approximate surface area is 162 Å². The first-order valence-corrected chi connectivity index (χ1v) is 9.30. The van der Waals surface area contributed by atoms with Crippen LogP contribution in [0.1, 0.15) is 13.8 Å². The molecule has 6 nitrogen and oxygen atoms in total. The standard InChI is InChI=1S/C22H20N6/c1-13(2)25-17-7-15(10-24-12-17)14-3-4-20-18(8-14)22(28-27-20)21-9-16-11-23-6-5-19(16)26-21/h3-13,25-26H,1-2H3,(H,27,28). The zero-order valence-corrected chi connectivity index (χ0v) is 15.7. The SMILES string of the molecule is CC(C)Nc1cncc(-c2ccc3[nH]nc(-c4cc5cnccc5[nH]4)c3c2)c1. The van der Waals surface area contributed by atoms with Crippen LogP contribution in [-0.2, 0) is 0 Å². The Morgan fingerprint density at radius 2 is 1.82 bits per heavy atom. The zero-order valence-electron chi connectivity index (χ0n) is 15.7. The van der Waals surface area contributed by atoms with E-state index in [0.717, 1.165) is 50.0 Å². The van der Waals surface area contributed by atoms with Gasteiger partial charge in [-0.3, -0.25) is 15.1 Å². The highest BCUT2D eigenvalue weighted by Crippen LogP contribution is 2.32. The Balaban J connectivity index is 1.60. The molecule has 0 saturated heterocycles. The van der Waals surface area contributed by atoms with Gasteiger partial charge in [0.2, 0.25) is 0 Å². The van der Waals surface area contributed by atoms with Crippen molar-refractivity contribution in [2.24, 2.45) is 0 Å². The summed E-state index contributed by atoms with van der Waals surface area (Å²) in [7, 11) is 0. The van der Waals surface area contributed by atoms with Crippen molar-refractivity contribution in [1.82, 2.24) is 25.1 Å². The van der Waals surface area contributed by atoms with Gasteiger partial charge in [-0.05, 0) is 49.7 Å². The number of hydrogen-bond donors (Lipinski definition) is 3. The minimum absolute atomic E-state index is 0.358. The Kier molecular flexibility index (Phi) is 3.83. The lowest BCUT2D eigenvalue weighted by molar-refractivity contribution is 0.898. The predicted molar refractivity (Wildman–Crippen MR) is 113 cm³/mol. The van der Waals surface area contributed by atoms with Gasteiger partial charge in [0.1, 0.15) is 5.69 Å². The van der Waals surface area contributed by atoms with Gasteiger partial charge >= 0.3 is 0 Å². The molecule has 3 N–H and O–H groups in total. The molecule has 0 aliphatic carbocycles. The van der Waals surface area contributed by atoms with Crippen molar-refractivity contribution < 1.29 is 0 Å². The molecule has 0 amide bonds. The number of benzene rings is 1. The number of pyridine rings is 2. The number of aromatic amines is 2. The molecule has 1 aromatic carbocycles. The Bertz CT molecular complexity index is 1250. The highest BCUT2D eigenvalue weighted by molar-refractivity contribution is 5.97. The molecular formula is C22H20N6. The average molecular weight is 368 g/mol. The molecule has 28 heavy (non-hydrogen) atoms. The smallest absolute Gasteiger partial charge is 0.116 e. The number of nitrogens with zero attached hydrogens (tertiary/aromatic N) is 3. The van der Waals surface area contributed by atoms with E-state index in [1.807, 2.05) is 24.7 Å². The molecule has 0 spiro atoms. The summed E-state index contributed by atoms with van der Waals surface area (Å²) in [5.74, 6) is 0. The van der Waals surface area contributed by atoms with Crippen molar-refractivity contribution in [3.8, 4) is 22.5 Å². The lowest BCUT2D eigenvalue weighted by Crippen LogP contribution is -2.09. The summed E-state index contributed by atoms with van der Waals surface area (Å²) in [6.07, 6.45) is 7.38. The van der Waals surface area contributed by atoms with Crippen LogP contribution in [0.5, 0.6) is 0 Å². The van der Waals surface area contributed by atoms with Crippen LogP contribution in [0.2, 0.25) is 0 Å². The van der Waals surface area contributed by atoms with E-state index in [1.165, 1.54) is 0 Å². The summed E-state index contributed by atoms with van der Waals surface area (Å²) in [5.41, 5.74) is 7.11. The first-order chi connectivity index (χ1) is 13.7. The summed E-state index contributed by atoms with van der Waals surface area (Å²) >= 11 is 0. The Morgan fingerprint density at radius 1 is 0.893 bits per heavy atom. The molecule has 4 aromatic heterocycles. The van der Waals surface area contributed by atoms with Crippen LogP contribution in [0, 0.1) is 0 Å². The van der Waals surface area contributed by atoms with Crippen molar-refractivity contribution in [3.05, 3.63) is 61.2 Å². The second-order valence-electron chi connectivity index (χ2n) is 7.24. The summed E-state index contributed by atoms with van der Waals surface area (Å²) in [5, 5.41) is 13.2. The first-order valence-electron chi connectivity index (χ1n) is 9.30. The van der Waals surface area contributed by atoms with E-state index in [1.54, 1.807) is 6.20 Å². The van der Waals surface area contributed by atoms with Crippen LogP contribution in [0.3, 0.4) is 0 Å². The van der Waals surface area contributed by atoms with Crippen molar-refractivity contribution in [2.45, 2.75) is 19.9 Å². The van der Waals surface area contributed by atoms with E-state index in [4.69, 9.17) is 0 Å². The van der Waals surface area contributed by atoms with Gasteiger partial charge in [0.15, 0.2) is 0 Å². The van der Waals surface area contributed by atoms with E-state index in [-0.39, 0.29) is 0 Å². The maximum Gasteiger partial charge on any atom is 0.116 e. The largest absolute Gasteiger partial charge is 0.382 e. The molecular weight excluding hydrogens is 348 g/mol. The molecule has 6 heteroatoms. The van der Waals surface area contributed by atoms with Crippen molar-refractivity contribution in [1.29, 1.82) is 0 Å². The lowest BCUT2D eigenvalue weighted by Gasteiger charge is -2.11. The molecule has 0 aliphatic heterocycles. The summed E-state index contributed by atoms with van der Waals surface area (Å²) < 4.78 is 0. The molecule has 5 aromatic rings. The van der Waals surface area contributed by atoms with E-state index < -0.39 is 0 Å². The zero-order chi connectivity index (χ0) is 19.1. The van der Waals surface area contributed by atoms with Gasteiger partial charge in [0.05, 0.1) is 16.9 Å². The molecule has 0 radical (unpaired) electrons. The molecule has 138 valence electrons. The predicted octanol–water partition coefficient (Wildman–Crippen LogP) is 4.99. The van der Waals surface area contributed by atoms with Crippen molar-refractivity contribution in [3.63, 3.8) is 0 Å². The number of nitrogens with one attached hydrogen (secondary N) is 3. The fourth-order valence-corrected chi connectivity index (χ4v) is 3.51. The third kappa shape index (κ3) is 2.89. The number of fused-ring (bicyclic) bond motifs is 2. The van der Waals surface area contributed by atoms with Gasteiger partial charge in [-0.25, -0.2) is 0 Å². The van der Waals surface area contributed by atoms with Crippen LogP contribution in [-0.4, -0.2) is 31.2 Å². The molecule has 0 aliphatic rings. The van der Waals surface area contributed by atoms with Crippen LogP contribution in [0.25, 0.3) is 44.3 Å². The van der Waals surface area contributed by atoms with Gasteiger partial charge in [-0.2, -0.15) is 5.10 Å². The first kappa shape index (κ1) is 16.5. The number of hydrogen-bond acceptors (Lipinski definition) is 4. The molecule has 0 unspecified atom stereocenters. The second kappa shape index (κ2) is 6.49. The summed E-state index contributed by atoms with van der Waals surface area (Å²) in [4.78, 5) is 12.0. The maximum absolute atomic E-state index is 4.55. The minimum Gasteiger partial charge on any atom is -0.382 e. The van der Waals surface area contributed by atoms with Gasteiger partial charge in [0, 0.05) is 52.7 Å². The topological polar surface area (TPSA) is 82.3 Å². The quantitative estimate of drug-likeness (QED) is 0.417. The minimum atomic E-state index is 0.358. The van der Waals surface area contributed by atoms with E-state index in [0.29, 0.717) is 6.04 Å². The van der Waals surface area contributed by atoms with Crippen molar-refractivity contribution in [2.75, 3.05) is 5.32 Å². The van der Waals surface area contributed by atoms with Gasteiger partial charge in [-0.1, -0.05) is 6.07 Å². The molecule has 5 rings (SSSR count). The van der Waals surface area contributed by atoms with Crippen LogP contribution >= 0.6 is 0 Å². The Hall–Kier alpha value is -3.67. The second-order valence-corrected chi connectivity index (χ2v) is 7.24. The summed E-state index contributed by atoms with van der Waals surface area (Å²) in [6.45, 7) is 4.23. The molecule has 0 fully saturated rings. The van der Waals surface area contributed by atoms with Gasteiger partial charge in [-0.15, -0.1) is 0 Å². The number of H-pyrrole nitrogens is 2. The molecule has 4 heterocycles. The number of anilines is 1. The van der Waals surface area contributed by atoms with Crippen LogP contribution in [0.15, 0.2) is 61.2 Å². The molecule has 0 saturated carbocycles. The summed E-state index contributed by atoms with van der Waals surface area (Å²) in [6, 6.07) is 12.9. The van der Waals surface area contributed by atoms with E-state index in [9.17, 15) is 0 Å².